The lowest BCUT2D eigenvalue weighted by molar-refractivity contribution is 0.335. The zero-order valence-electron chi connectivity index (χ0n) is 14.4. The number of hydrogen-bond donors (Lipinski definition) is 1. The van der Waals surface area contributed by atoms with Crippen molar-refractivity contribution in [1.82, 2.24) is 5.32 Å². The van der Waals surface area contributed by atoms with Crippen molar-refractivity contribution in [2.24, 2.45) is 11.8 Å². The Morgan fingerprint density at radius 3 is 2.33 bits per heavy atom. The van der Waals surface area contributed by atoms with Crippen molar-refractivity contribution in [3.05, 3.63) is 35.4 Å². The molecular formula is C20H33N. The maximum absolute atomic E-state index is 3.87. The van der Waals surface area contributed by atoms with Gasteiger partial charge in [0.1, 0.15) is 0 Å². The van der Waals surface area contributed by atoms with E-state index in [4.69, 9.17) is 0 Å². The molecule has 1 aliphatic rings. The van der Waals surface area contributed by atoms with Crippen LogP contribution in [0.15, 0.2) is 24.3 Å². The van der Waals surface area contributed by atoms with Gasteiger partial charge in [-0.05, 0) is 55.6 Å². The van der Waals surface area contributed by atoms with Gasteiger partial charge in [-0.15, -0.1) is 0 Å². The van der Waals surface area contributed by atoms with E-state index in [1.807, 2.05) is 0 Å². The molecule has 1 N–H and O–H groups in total. The molecule has 1 saturated carbocycles. The van der Waals surface area contributed by atoms with Crippen LogP contribution in [-0.4, -0.2) is 6.04 Å². The Hall–Kier alpha value is -0.820. The topological polar surface area (TPSA) is 12.0 Å². The lowest BCUT2D eigenvalue weighted by atomic mass is 9.89. The van der Waals surface area contributed by atoms with Gasteiger partial charge in [0.05, 0.1) is 0 Å². The van der Waals surface area contributed by atoms with Gasteiger partial charge in [0.25, 0.3) is 0 Å². The van der Waals surface area contributed by atoms with Gasteiger partial charge in [-0.3, -0.25) is 0 Å². The first-order chi connectivity index (χ1) is 10.1. The predicted octanol–water partition coefficient (Wildman–Crippen LogP) is 5.50. The number of rotatable bonds is 5. The van der Waals surface area contributed by atoms with E-state index in [9.17, 15) is 0 Å². The summed E-state index contributed by atoms with van der Waals surface area (Å²) in [5.41, 5.74) is 2.86. The fourth-order valence-corrected chi connectivity index (χ4v) is 3.66. The van der Waals surface area contributed by atoms with E-state index < -0.39 is 0 Å². The molecule has 118 valence electrons. The van der Waals surface area contributed by atoms with Crippen LogP contribution < -0.4 is 5.32 Å². The second-order valence-corrected chi connectivity index (χ2v) is 7.19. The first-order valence-corrected chi connectivity index (χ1v) is 8.95. The fourth-order valence-electron chi connectivity index (χ4n) is 3.66. The Labute approximate surface area is 131 Å². The van der Waals surface area contributed by atoms with E-state index >= 15 is 0 Å². The van der Waals surface area contributed by atoms with Gasteiger partial charge in [-0.25, -0.2) is 0 Å². The van der Waals surface area contributed by atoms with E-state index in [-0.39, 0.29) is 0 Å². The zero-order valence-corrected chi connectivity index (χ0v) is 14.4. The highest BCUT2D eigenvalue weighted by molar-refractivity contribution is 5.24. The number of aryl methyl sites for hydroxylation is 1. The average Bonchev–Trinajstić information content (AvgIpc) is 2.73. The second kappa shape index (κ2) is 7.98. The largest absolute Gasteiger partial charge is 0.307 e. The van der Waals surface area contributed by atoms with Crippen molar-refractivity contribution in [1.29, 1.82) is 0 Å². The molecule has 0 aliphatic heterocycles. The van der Waals surface area contributed by atoms with Crippen molar-refractivity contribution >= 4 is 0 Å². The molecule has 1 heteroatoms. The van der Waals surface area contributed by atoms with Crippen LogP contribution in [0, 0.1) is 11.8 Å². The summed E-state index contributed by atoms with van der Waals surface area (Å²) in [6.07, 6.45) is 8.04. The molecule has 0 bridgehead atoms. The molecule has 21 heavy (non-hydrogen) atoms. The highest BCUT2D eigenvalue weighted by Gasteiger charge is 2.22. The Kier molecular flexibility index (Phi) is 6.29. The highest BCUT2D eigenvalue weighted by atomic mass is 14.9. The molecule has 0 radical (unpaired) electrons. The van der Waals surface area contributed by atoms with Gasteiger partial charge >= 0.3 is 0 Å². The molecule has 1 aliphatic carbocycles. The Morgan fingerprint density at radius 1 is 1.00 bits per heavy atom. The van der Waals surface area contributed by atoms with E-state index in [1.165, 1.54) is 43.2 Å². The highest BCUT2D eigenvalue weighted by Crippen LogP contribution is 2.29. The van der Waals surface area contributed by atoms with E-state index in [0.29, 0.717) is 12.1 Å². The molecule has 0 saturated heterocycles. The van der Waals surface area contributed by atoms with Crippen LogP contribution in [0.3, 0.4) is 0 Å². The van der Waals surface area contributed by atoms with Gasteiger partial charge in [-0.1, -0.05) is 57.9 Å². The molecule has 2 rings (SSSR count). The van der Waals surface area contributed by atoms with Crippen LogP contribution in [0.4, 0.5) is 0 Å². The molecule has 1 aromatic rings. The molecular weight excluding hydrogens is 254 g/mol. The van der Waals surface area contributed by atoms with Crippen molar-refractivity contribution in [3.63, 3.8) is 0 Å². The summed E-state index contributed by atoms with van der Waals surface area (Å²) in [5, 5.41) is 3.87. The Morgan fingerprint density at radius 2 is 1.71 bits per heavy atom. The molecule has 3 atom stereocenters. The fraction of sp³-hybridized carbons (Fsp3) is 0.700. The predicted molar refractivity (Wildman–Crippen MR) is 92.6 cm³/mol. The summed E-state index contributed by atoms with van der Waals surface area (Å²) in [6.45, 7) is 9.30. The van der Waals surface area contributed by atoms with Crippen LogP contribution in [0.25, 0.3) is 0 Å². The molecule has 0 aromatic heterocycles. The van der Waals surface area contributed by atoms with Gasteiger partial charge < -0.3 is 5.32 Å². The minimum absolute atomic E-state index is 0.469. The SMILES string of the molecule is CCc1ccc(C(C)NC2CCCC(C(C)C)CC2)cc1. The third-order valence-electron chi connectivity index (χ3n) is 5.33. The summed E-state index contributed by atoms with van der Waals surface area (Å²) in [4.78, 5) is 0. The zero-order chi connectivity index (χ0) is 15.2. The minimum atomic E-state index is 0.469. The summed E-state index contributed by atoms with van der Waals surface area (Å²) in [7, 11) is 0. The lowest BCUT2D eigenvalue weighted by Crippen LogP contribution is -2.31. The third-order valence-corrected chi connectivity index (χ3v) is 5.33. The van der Waals surface area contributed by atoms with Gasteiger partial charge in [0.15, 0.2) is 0 Å². The molecule has 3 unspecified atom stereocenters. The van der Waals surface area contributed by atoms with Crippen molar-refractivity contribution < 1.29 is 0 Å². The van der Waals surface area contributed by atoms with E-state index in [1.54, 1.807) is 0 Å². The van der Waals surface area contributed by atoms with Gasteiger partial charge in [0, 0.05) is 12.1 Å². The Balaban J connectivity index is 1.88. The maximum atomic E-state index is 3.87. The van der Waals surface area contributed by atoms with Crippen LogP contribution in [-0.2, 0) is 6.42 Å². The average molecular weight is 287 g/mol. The second-order valence-electron chi connectivity index (χ2n) is 7.19. The van der Waals surface area contributed by atoms with Gasteiger partial charge in [0.2, 0.25) is 0 Å². The van der Waals surface area contributed by atoms with Gasteiger partial charge in [-0.2, -0.15) is 0 Å². The molecule has 1 aromatic carbocycles. The van der Waals surface area contributed by atoms with Crippen molar-refractivity contribution in [2.75, 3.05) is 0 Å². The van der Waals surface area contributed by atoms with Crippen molar-refractivity contribution in [3.8, 4) is 0 Å². The first-order valence-electron chi connectivity index (χ1n) is 8.95. The third kappa shape index (κ3) is 4.85. The van der Waals surface area contributed by atoms with Crippen LogP contribution >= 0.6 is 0 Å². The van der Waals surface area contributed by atoms with E-state index in [0.717, 1.165) is 18.3 Å². The maximum Gasteiger partial charge on any atom is 0.0294 e. The lowest BCUT2D eigenvalue weighted by Gasteiger charge is -2.23. The summed E-state index contributed by atoms with van der Waals surface area (Å²) >= 11 is 0. The van der Waals surface area contributed by atoms with Crippen LogP contribution in [0.5, 0.6) is 0 Å². The monoisotopic (exact) mass is 287 g/mol. The van der Waals surface area contributed by atoms with Crippen LogP contribution in [0.2, 0.25) is 0 Å². The molecule has 0 heterocycles. The molecule has 0 spiro atoms. The smallest absolute Gasteiger partial charge is 0.0294 e. The summed E-state index contributed by atoms with van der Waals surface area (Å²) < 4.78 is 0. The standard InChI is InChI=1S/C20H33N/c1-5-17-9-11-19(12-10-17)16(4)21-20-8-6-7-18(13-14-20)15(2)3/h9-12,15-16,18,20-21H,5-8,13-14H2,1-4H3. The first kappa shape index (κ1) is 16.5. The molecule has 1 fully saturated rings. The van der Waals surface area contributed by atoms with Crippen molar-refractivity contribution in [2.45, 2.75) is 78.3 Å². The van der Waals surface area contributed by atoms with Crippen LogP contribution in [0.1, 0.15) is 77.0 Å². The normalized spacial score (nSPS) is 24.8. The minimum Gasteiger partial charge on any atom is -0.307 e. The Bertz CT molecular complexity index is 406. The molecule has 0 amide bonds. The number of hydrogen-bond acceptors (Lipinski definition) is 1. The number of benzene rings is 1. The van der Waals surface area contributed by atoms with E-state index in [2.05, 4.69) is 57.3 Å². The summed E-state index contributed by atoms with van der Waals surface area (Å²) in [6, 6.07) is 10.3. The molecule has 1 nitrogen and oxygen atoms in total. The quantitative estimate of drug-likeness (QED) is 0.705. The number of nitrogens with one attached hydrogen (secondary N) is 1. The summed E-state index contributed by atoms with van der Waals surface area (Å²) in [5.74, 6) is 1.79.